The van der Waals surface area contributed by atoms with Crippen LogP contribution in [0.3, 0.4) is 0 Å². The minimum absolute atomic E-state index is 0.206. The summed E-state index contributed by atoms with van der Waals surface area (Å²) in [5, 5.41) is 4.08. The van der Waals surface area contributed by atoms with Crippen LogP contribution < -0.4 is 24.4 Å². The summed E-state index contributed by atoms with van der Waals surface area (Å²) < 4.78 is 19.1. The van der Waals surface area contributed by atoms with Gasteiger partial charge in [-0.05, 0) is 60.7 Å². The van der Waals surface area contributed by atoms with Crippen molar-refractivity contribution in [3.8, 4) is 22.9 Å². The fourth-order valence-electron chi connectivity index (χ4n) is 4.58. The van der Waals surface area contributed by atoms with E-state index in [1.165, 1.54) is 0 Å². The molecule has 1 saturated heterocycles. The maximum atomic E-state index is 5.90. The first-order valence-electron chi connectivity index (χ1n) is 11.2. The lowest BCUT2D eigenvalue weighted by molar-refractivity contribution is 0.402. The van der Waals surface area contributed by atoms with Crippen LogP contribution in [0.1, 0.15) is 23.5 Å². The first kappa shape index (κ1) is 22.7. The van der Waals surface area contributed by atoms with Gasteiger partial charge in [0.25, 0.3) is 0 Å². The van der Waals surface area contributed by atoms with Crippen LogP contribution in [0.2, 0.25) is 0 Å². The number of pyridine rings is 1. The molecule has 0 bridgehead atoms. The zero-order valence-electron chi connectivity index (χ0n) is 19.7. The maximum absolute atomic E-state index is 5.90. The van der Waals surface area contributed by atoms with Gasteiger partial charge in [-0.3, -0.25) is 4.98 Å². The van der Waals surface area contributed by atoms with Crippen LogP contribution in [0.5, 0.6) is 17.2 Å². The number of methoxy groups -OCH3 is 3. The highest BCUT2D eigenvalue weighted by atomic mass is 32.1. The van der Waals surface area contributed by atoms with Crippen molar-refractivity contribution >= 4 is 23.0 Å². The van der Waals surface area contributed by atoms with E-state index in [0.717, 1.165) is 28.5 Å². The van der Waals surface area contributed by atoms with Gasteiger partial charge < -0.3 is 29.0 Å². The molecule has 35 heavy (non-hydrogen) atoms. The van der Waals surface area contributed by atoms with Crippen LogP contribution in [-0.4, -0.2) is 36.0 Å². The lowest BCUT2D eigenvalue weighted by atomic mass is 10.0. The normalized spacial score (nSPS) is 17.2. The Labute approximate surface area is 209 Å². The number of hydrogen-bond donors (Lipinski definition) is 1. The molecule has 0 amide bonds. The standard InChI is InChI=1S/C27H26N4O3S/c1-32-18-13-14-24(34-3)22(17-18)31-26(25(29-27(31)35)19-9-6-7-15-28-19)21-11-8-16-30(21)20-10-4-5-12-23(20)33-2/h4-17,25-26H,1-3H3,(H,29,35)/t25-,26+/m1/s1. The third-order valence-electron chi connectivity index (χ3n) is 6.17. The molecule has 0 unspecified atom stereocenters. The third-order valence-corrected chi connectivity index (χ3v) is 6.49. The number of hydrogen-bond acceptors (Lipinski definition) is 5. The van der Waals surface area contributed by atoms with E-state index < -0.39 is 0 Å². The van der Waals surface area contributed by atoms with Gasteiger partial charge in [0, 0.05) is 24.2 Å². The van der Waals surface area contributed by atoms with Gasteiger partial charge in [-0.2, -0.15) is 0 Å². The van der Waals surface area contributed by atoms with Crippen LogP contribution >= 0.6 is 12.2 Å². The Morgan fingerprint density at radius 3 is 2.34 bits per heavy atom. The van der Waals surface area contributed by atoms with Crippen molar-refractivity contribution in [1.29, 1.82) is 0 Å². The Bertz CT molecular complexity index is 1340. The Kier molecular flexibility index (Phi) is 6.29. The molecule has 0 spiro atoms. The highest BCUT2D eigenvalue weighted by Crippen LogP contribution is 2.46. The Morgan fingerprint density at radius 2 is 1.60 bits per heavy atom. The molecule has 1 N–H and O–H groups in total. The van der Waals surface area contributed by atoms with Crippen molar-refractivity contribution in [2.24, 2.45) is 0 Å². The van der Waals surface area contributed by atoms with Crippen LogP contribution in [0.15, 0.2) is 85.2 Å². The summed E-state index contributed by atoms with van der Waals surface area (Å²) in [5.41, 5.74) is 3.64. The first-order chi connectivity index (χ1) is 17.2. The van der Waals surface area contributed by atoms with Gasteiger partial charge in [0.1, 0.15) is 23.3 Å². The third kappa shape index (κ3) is 4.06. The second-order valence-electron chi connectivity index (χ2n) is 8.01. The van der Waals surface area contributed by atoms with E-state index >= 15 is 0 Å². The second kappa shape index (κ2) is 9.68. The largest absolute Gasteiger partial charge is 0.497 e. The molecule has 1 aliphatic rings. The van der Waals surface area contributed by atoms with Crippen molar-refractivity contribution in [3.63, 3.8) is 0 Å². The highest BCUT2D eigenvalue weighted by Gasteiger charge is 2.43. The Morgan fingerprint density at radius 1 is 0.829 bits per heavy atom. The first-order valence-corrected chi connectivity index (χ1v) is 11.6. The van der Waals surface area contributed by atoms with Gasteiger partial charge in [-0.15, -0.1) is 0 Å². The average Bonchev–Trinajstić information content (AvgIpc) is 3.52. The van der Waals surface area contributed by atoms with E-state index in [9.17, 15) is 0 Å². The van der Waals surface area contributed by atoms with Crippen molar-refractivity contribution in [3.05, 3.63) is 96.6 Å². The molecule has 1 aliphatic heterocycles. The fraction of sp³-hybridized carbons (Fsp3) is 0.185. The van der Waals surface area contributed by atoms with E-state index in [1.807, 2.05) is 72.9 Å². The summed E-state index contributed by atoms with van der Waals surface area (Å²) in [5.74, 6) is 2.18. The topological polar surface area (TPSA) is 60.8 Å². The van der Waals surface area contributed by atoms with Crippen molar-refractivity contribution in [1.82, 2.24) is 14.9 Å². The lowest BCUT2D eigenvalue weighted by Crippen LogP contribution is -2.30. The molecule has 8 heteroatoms. The highest BCUT2D eigenvalue weighted by molar-refractivity contribution is 7.80. The number of anilines is 1. The monoisotopic (exact) mass is 486 g/mol. The maximum Gasteiger partial charge on any atom is 0.174 e. The number of benzene rings is 2. The summed E-state index contributed by atoms with van der Waals surface area (Å²) >= 11 is 5.90. The van der Waals surface area contributed by atoms with Gasteiger partial charge >= 0.3 is 0 Å². The van der Waals surface area contributed by atoms with Gasteiger partial charge in [0.05, 0.1) is 44.4 Å². The fourth-order valence-corrected chi connectivity index (χ4v) is 4.92. The van der Waals surface area contributed by atoms with Crippen molar-refractivity contribution in [2.45, 2.75) is 12.1 Å². The summed E-state index contributed by atoms with van der Waals surface area (Å²) in [6.07, 6.45) is 3.83. The van der Waals surface area contributed by atoms with E-state index in [2.05, 4.69) is 25.8 Å². The number of thiocarbonyl (C=S) groups is 1. The minimum Gasteiger partial charge on any atom is -0.497 e. The molecular formula is C27H26N4O3S. The lowest BCUT2D eigenvalue weighted by Gasteiger charge is -2.30. The van der Waals surface area contributed by atoms with E-state index in [0.29, 0.717) is 16.6 Å². The Hall–Kier alpha value is -4.04. The van der Waals surface area contributed by atoms with Crippen LogP contribution in [-0.2, 0) is 0 Å². The average molecular weight is 487 g/mol. The van der Waals surface area contributed by atoms with Crippen LogP contribution in [0, 0.1) is 0 Å². The van der Waals surface area contributed by atoms with Crippen LogP contribution in [0.25, 0.3) is 5.69 Å². The molecule has 2 aromatic heterocycles. The molecule has 0 radical (unpaired) electrons. The molecule has 2 aromatic carbocycles. The summed E-state index contributed by atoms with van der Waals surface area (Å²) in [6, 6.07) is 23.2. The van der Waals surface area contributed by atoms with E-state index in [4.69, 9.17) is 26.4 Å². The van der Waals surface area contributed by atoms with Gasteiger partial charge in [0.15, 0.2) is 5.11 Å². The molecule has 2 atom stereocenters. The molecule has 178 valence electrons. The zero-order valence-corrected chi connectivity index (χ0v) is 20.5. The number of aromatic nitrogens is 2. The Balaban J connectivity index is 1.72. The second-order valence-corrected chi connectivity index (χ2v) is 8.40. The van der Waals surface area contributed by atoms with Crippen molar-refractivity contribution in [2.75, 3.05) is 26.2 Å². The van der Waals surface area contributed by atoms with Crippen LogP contribution in [0.4, 0.5) is 5.69 Å². The molecule has 3 heterocycles. The summed E-state index contributed by atoms with van der Waals surface area (Å²) in [6.45, 7) is 0. The predicted octanol–water partition coefficient (Wildman–Crippen LogP) is 5.08. The number of rotatable bonds is 7. The number of nitrogens with one attached hydrogen (secondary N) is 1. The smallest absolute Gasteiger partial charge is 0.174 e. The zero-order chi connectivity index (χ0) is 24.4. The number of para-hydroxylation sites is 2. The molecule has 7 nitrogen and oxygen atoms in total. The number of ether oxygens (including phenoxy) is 3. The molecule has 0 aliphatic carbocycles. The predicted molar refractivity (Wildman–Crippen MR) is 140 cm³/mol. The SMILES string of the molecule is COc1ccc(OC)c(N2C(=S)N[C@H](c3ccccn3)[C@@H]2c2cccn2-c2ccccc2OC)c1. The van der Waals surface area contributed by atoms with E-state index in [1.54, 1.807) is 27.5 Å². The molecule has 0 saturated carbocycles. The van der Waals surface area contributed by atoms with Gasteiger partial charge in [-0.25, -0.2) is 0 Å². The molecule has 4 aromatic rings. The van der Waals surface area contributed by atoms with Gasteiger partial charge in [-0.1, -0.05) is 18.2 Å². The van der Waals surface area contributed by atoms with E-state index in [-0.39, 0.29) is 12.1 Å². The summed E-state index contributed by atoms with van der Waals surface area (Å²) in [7, 11) is 4.98. The van der Waals surface area contributed by atoms with Gasteiger partial charge in [0.2, 0.25) is 0 Å². The summed E-state index contributed by atoms with van der Waals surface area (Å²) in [4.78, 5) is 6.74. The molecular weight excluding hydrogens is 460 g/mol. The van der Waals surface area contributed by atoms with Crippen molar-refractivity contribution < 1.29 is 14.2 Å². The minimum atomic E-state index is -0.238. The molecule has 1 fully saturated rings. The quantitative estimate of drug-likeness (QED) is 0.366. The number of nitrogens with zero attached hydrogens (tertiary/aromatic N) is 3. The molecule has 5 rings (SSSR count).